The van der Waals surface area contributed by atoms with Crippen LogP contribution in [0, 0.1) is 11.8 Å². The van der Waals surface area contributed by atoms with Crippen LogP contribution < -0.4 is 10.2 Å². The molecular weight excluding hydrogens is 376 g/mol. The van der Waals surface area contributed by atoms with Crippen LogP contribution in [0.5, 0.6) is 0 Å². The molecular formula is C17H21BrN2O4. The molecule has 0 bridgehead atoms. The number of hydrogen-bond acceptors (Lipinski definition) is 3. The van der Waals surface area contributed by atoms with Gasteiger partial charge in [0.15, 0.2) is 0 Å². The van der Waals surface area contributed by atoms with Gasteiger partial charge in [0.25, 0.3) is 0 Å². The fourth-order valence-corrected chi connectivity index (χ4v) is 3.18. The quantitative estimate of drug-likeness (QED) is 0.722. The Kier molecular flexibility index (Phi) is 5.99. The number of hydrogen-bond donors (Lipinski definition) is 2. The minimum atomic E-state index is -1.08. The van der Waals surface area contributed by atoms with Gasteiger partial charge in [-0.3, -0.25) is 9.59 Å². The minimum Gasteiger partial charge on any atom is -0.480 e. The Morgan fingerprint density at radius 3 is 2.71 bits per heavy atom. The van der Waals surface area contributed by atoms with Crippen molar-refractivity contribution in [1.82, 2.24) is 5.32 Å². The second kappa shape index (κ2) is 7.79. The van der Waals surface area contributed by atoms with Gasteiger partial charge in [0.2, 0.25) is 11.8 Å². The van der Waals surface area contributed by atoms with Crippen LogP contribution in [0.3, 0.4) is 0 Å². The first-order chi connectivity index (χ1) is 11.3. The lowest BCUT2D eigenvalue weighted by atomic mass is 10.0. The van der Waals surface area contributed by atoms with Crippen molar-refractivity contribution >= 4 is 39.4 Å². The molecule has 7 heteroatoms. The fraction of sp³-hybridized carbons (Fsp3) is 0.471. The number of benzene rings is 1. The first-order valence-corrected chi connectivity index (χ1v) is 8.69. The van der Waals surface area contributed by atoms with Crippen molar-refractivity contribution in [2.24, 2.45) is 11.8 Å². The highest BCUT2D eigenvalue weighted by atomic mass is 79.9. The molecule has 2 unspecified atom stereocenters. The van der Waals surface area contributed by atoms with E-state index in [-0.39, 0.29) is 11.8 Å². The number of aliphatic carboxylic acids is 1. The molecule has 1 heterocycles. The van der Waals surface area contributed by atoms with Crippen molar-refractivity contribution < 1.29 is 19.5 Å². The van der Waals surface area contributed by atoms with Gasteiger partial charge < -0.3 is 15.3 Å². The van der Waals surface area contributed by atoms with Crippen LogP contribution in [0.15, 0.2) is 28.7 Å². The van der Waals surface area contributed by atoms with E-state index >= 15 is 0 Å². The second-order valence-electron chi connectivity index (χ2n) is 6.34. The number of halogens is 1. The number of carboxylic acids is 1. The molecule has 2 amide bonds. The molecule has 0 aliphatic carbocycles. The predicted molar refractivity (Wildman–Crippen MR) is 93.6 cm³/mol. The zero-order chi connectivity index (χ0) is 17.9. The smallest absolute Gasteiger partial charge is 0.326 e. The molecule has 0 aromatic heterocycles. The molecule has 1 fully saturated rings. The Morgan fingerprint density at radius 1 is 1.42 bits per heavy atom. The van der Waals surface area contributed by atoms with E-state index in [0.717, 1.165) is 10.2 Å². The SMILES string of the molecule is CC(C)CC(NC(=O)C1CCN(c2cccc(Br)c2)C1=O)C(=O)O. The average molecular weight is 397 g/mol. The van der Waals surface area contributed by atoms with E-state index in [0.29, 0.717) is 19.4 Å². The van der Waals surface area contributed by atoms with Crippen LogP contribution in [-0.2, 0) is 14.4 Å². The lowest BCUT2D eigenvalue weighted by molar-refractivity contribution is -0.144. The highest BCUT2D eigenvalue weighted by Gasteiger charge is 2.39. The zero-order valence-electron chi connectivity index (χ0n) is 13.7. The third-order valence-electron chi connectivity index (χ3n) is 3.96. The Morgan fingerprint density at radius 2 is 2.12 bits per heavy atom. The summed E-state index contributed by atoms with van der Waals surface area (Å²) in [6.45, 7) is 4.21. The van der Waals surface area contributed by atoms with Gasteiger partial charge in [-0.25, -0.2) is 4.79 Å². The number of carbonyl (C=O) groups excluding carboxylic acids is 2. The molecule has 0 saturated carbocycles. The molecule has 2 rings (SSSR count). The highest BCUT2D eigenvalue weighted by Crippen LogP contribution is 2.27. The van der Waals surface area contributed by atoms with Gasteiger partial charge in [-0.1, -0.05) is 35.8 Å². The Balaban J connectivity index is 2.06. The molecule has 1 aromatic rings. The van der Waals surface area contributed by atoms with E-state index in [9.17, 15) is 19.5 Å². The summed E-state index contributed by atoms with van der Waals surface area (Å²) >= 11 is 3.36. The third kappa shape index (κ3) is 4.35. The molecule has 0 radical (unpaired) electrons. The maximum Gasteiger partial charge on any atom is 0.326 e. The first-order valence-electron chi connectivity index (χ1n) is 7.89. The molecule has 2 atom stereocenters. The summed E-state index contributed by atoms with van der Waals surface area (Å²) in [5.74, 6) is -2.59. The van der Waals surface area contributed by atoms with Crippen molar-refractivity contribution in [1.29, 1.82) is 0 Å². The maximum atomic E-state index is 12.5. The van der Waals surface area contributed by atoms with Crippen LogP contribution in [-0.4, -0.2) is 35.5 Å². The van der Waals surface area contributed by atoms with Gasteiger partial charge in [0, 0.05) is 16.7 Å². The molecule has 1 aliphatic rings. The van der Waals surface area contributed by atoms with Crippen LogP contribution in [0.4, 0.5) is 5.69 Å². The summed E-state index contributed by atoms with van der Waals surface area (Å²) in [4.78, 5) is 37.7. The average Bonchev–Trinajstić information content (AvgIpc) is 2.87. The van der Waals surface area contributed by atoms with Gasteiger partial charge in [-0.15, -0.1) is 0 Å². The van der Waals surface area contributed by atoms with Crippen molar-refractivity contribution in [2.45, 2.75) is 32.7 Å². The number of anilines is 1. The summed E-state index contributed by atoms with van der Waals surface area (Å²) < 4.78 is 0.851. The molecule has 6 nitrogen and oxygen atoms in total. The van der Waals surface area contributed by atoms with Crippen LogP contribution in [0.1, 0.15) is 26.7 Å². The summed E-state index contributed by atoms with van der Waals surface area (Å²) in [7, 11) is 0. The van der Waals surface area contributed by atoms with Gasteiger partial charge >= 0.3 is 5.97 Å². The molecule has 24 heavy (non-hydrogen) atoms. The summed E-state index contributed by atoms with van der Waals surface area (Å²) in [5.41, 5.74) is 0.724. The van der Waals surface area contributed by atoms with E-state index in [2.05, 4.69) is 21.2 Å². The van der Waals surface area contributed by atoms with Crippen molar-refractivity contribution in [3.8, 4) is 0 Å². The maximum absolute atomic E-state index is 12.5. The van der Waals surface area contributed by atoms with Crippen LogP contribution in [0.2, 0.25) is 0 Å². The number of carbonyl (C=O) groups is 3. The normalized spacial score (nSPS) is 18.8. The summed E-state index contributed by atoms with van der Waals surface area (Å²) in [6.07, 6.45) is 0.711. The summed E-state index contributed by atoms with van der Waals surface area (Å²) in [5, 5.41) is 11.7. The number of amides is 2. The fourth-order valence-electron chi connectivity index (χ4n) is 2.79. The van der Waals surface area contributed by atoms with Crippen LogP contribution >= 0.6 is 15.9 Å². The van der Waals surface area contributed by atoms with Crippen molar-refractivity contribution in [3.05, 3.63) is 28.7 Å². The Labute approximate surface area is 149 Å². The number of nitrogens with one attached hydrogen (secondary N) is 1. The lowest BCUT2D eigenvalue weighted by Crippen LogP contribution is -2.46. The highest BCUT2D eigenvalue weighted by molar-refractivity contribution is 9.10. The molecule has 130 valence electrons. The predicted octanol–water partition coefficient (Wildman–Crippen LogP) is 2.42. The zero-order valence-corrected chi connectivity index (χ0v) is 15.2. The topological polar surface area (TPSA) is 86.7 Å². The van der Waals surface area contributed by atoms with E-state index in [1.165, 1.54) is 0 Å². The van der Waals surface area contributed by atoms with E-state index in [1.807, 2.05) is 38.1 Å². The second-order valence-corrected chi connectivity index (χ2v) is 7.26. The van der Waals surface area contributed by atoms with Crippen LogP contribution in [0.25, 0.3) is 0 Å². The summed E-state index contributed by atoms with van der Waals surface area (Å²) in [6, 6.07) is 6.34. The molecule has 1 aliphatic heterocycles. The molecule has 1 saturated heterocycles. The monoisotopic (exact) mass is 396 g/mol. The van der Waals surface area contributed by atoms with Gasteiger partial charge in [0.1, 0.15) is 12.0 Å². The minimum absolute atomic E-state index is 0.129. The standard InChI is InChI=1S/C17H21BrN2O4/c1-10(2)8-14(17(23)24)19-15(21)13-6-7-20(16(13)22)12-5-3-4-11(18)9-12/h3-5,9-10,13-14H,6-8H2,1-2H3,(H,19,21)(H,23,24). The molecule has 0 spiro atoms. The first kappa shape index (κ1) is 18.4. The number of carboxylic acid groups (broad SMARTS) is 1. The Hall–Kier alpha value is -1.89. The van der Waals surface area contributed by atoms with E-state index < -0.39 is 23.8 Å². The Bertz CT molecular complexity index is 647. The lowest BCUT2D eigenvalue weighted by Gasteiger charge is -2.19. The van der Waals surface area contributed by atoms with Crippen molar-refractivity contribution in [3.63, 3.8) is 0 Å². The van der Waals surface area contributed by atoms with Gasteiger partial charge in [0.05, 0.1) is 0 Å². The van der Waals surface area contributed by atoms with E-state index in [4.69, 9.17) is 0 Å². The number of rotatable bonds is 6. The number of nitrogens with zero attached hydrogens (tertiary/aromatic N) is 1. The third-order valence-corrected chi connectivity index (χ3v) is 4.46. The molecule has 1 aromatic carbocycles. The van der Waals surface area contributed by atoms with E-state index in [1.54, 1.807) is 4.90 Å². The van der Waals surface area contributed by atoms with Gasteiger partial charge in [-0.2, -0.15) is 0 Å². The van der Waals surface area contributed by atoms with Gasteiger partial charge in [-0.05, 0) is 37.0 Å². The van der Waals surface area contributed by atoms with Crippen molar-refractivity contribution in [2.75, 3.05) is 11.4 Å². The largest absolute Gasteiger partial charge is 0.480 e. The molecule has 2 N–H and O–H groups in total.